The van der Waals surface area contributed by atoms with E-state index in [4.69, 9.17) is 0 Å². The number of hydrogen-bond donors (Lipinski definition) is 1. The van der Waals surface area contributed by atoms with E-state index < -0.39 is 11.4 Å². The Balaban J connectivity index is 2.04. The molecule has 0 aromatic carbocycles. The van der Waals surface area contributed by atoms with Gasteiger partial charge in [-0.1, -0.05) is 0 Å². The first kappa shape index (κ1) is 12.0. The summed E-state index contributed by atoms with van der Waals surface area (Å²) >= 11 is 0. The van der Waals surface area contributed by atoms with Crippen LogP contribution < -0.4 is 0 Å². The summed E-state index contributed by atoms with van der Waals surface area (Å²) in [6.45, 7) is 6.14. The molecule has 0 bridgehead atoms. The fourth-order valence-electron chi connectivity index (χ4n) is 2.27. The van der Waals surface area contributed by atoms with Gasteiger partial charge in [0, 0.05) is 25.5 Å². The van der Waals surface area contributed by atoms with E-state index in [-0.39, 0.29) is 0 Å². The van der Waals surface area contributed by atoms with Gasteiger partial charge in [-0.15, -0.1) is 0 Å². The lowest BCUT2D eigenvalue weighted by Gasteiger charge is -2.20. The van der Waals surface area contributed by atoms with E-state index in [9.17, 15) is 9.90 Å². The van der Waals surface area contributed by atoms with Crippen LogP contribution in [0.15, 0.2) is 18.5 Å². The highest BCUT2D eigenvalue weighted by atomic mass is 16.4. The molecule has 0 amide bonds. The molecule has 0 spiro atoms. The van der Waals surface area contributed by atoms with E-state index in [1.807, 2.05) is 19.2 Å². The van der Waals surface area contributed by atoms with Gasteiger partial charge in [0.05, 0.1) is 5.41 Å². The number of aryl methyl sites for hydroxylation is 1. The zero-order valence-corrected chi connectivity index (χ0v) is 10.3. The Labute approximate surface area is 101 Å². The van der Waals surface area contributed by atoms with Gasteiger partial charge in [-0.2, -0.15) is 0 Å². The molecule has 4 nitrogen and oxygen atoms in total. The van der Waals surface area contributed by atoms with E-state index in [1.54, 1.807) is 6.20 Å². The molecule has 0 saturated carbocycles. The third-order valence-electron chi connectivity index (χ3n) is 3.61. The Bertz CT molecular complexity index is 433. The molecule has 92 valence electrons. The van der Waals surface area contributed by atoms with Crippen molar-refractivity contribution in [2.75, 3.05) is 13.1 Å². The molecule has 1 aromatic heterocycles. The highest BCUT2D eigenvalue weighted by Gasteiger charge is 2.40. The minimum atomic E-state index is -0.692. The molecule has 1 saturated heterocycles. The average Bonchev–Trinajstić information content (AvgIpc) is 2.65. The number of rotatable bonds is 3. The maximum absolute atomic E-state index is 11.1. The third kappa shape index (κ3) is 2.47. The second kappa shape index (κ2) is 4.45. The van der Waals surface area contributed by atoms with Crippen LogP contribution in [-0.4, -0.2) is 34.0 Å². The van der Waals surface area contributed by atoms with Gasteiger partial charge < -0.3 is 5.11 Å². The van der Waals surface area contributed by atoms with Gasteiger partial charge in [-0.3, -0.25) is 14.7 Å². The first-order valence-corrected chi connectivity index (χ1v) is 5.86. The Kier molecular flexibility index (Phi) is 3.15. The molecule has 1 atom stereocenters. The minimum absolute atomic E-state index is 0.587. The largest absolute Gasteiger partial charge is 0.481 e. The molecule has 1 aliphatic rings. The number of nitrogens with zero attached hydrogens (tertiary/aromatic N) is 2. The molecule has 2 rings (SSSR count). The number of carbonyl (C=O) groups is 1. The van der Waals surface area contributed by atoms with Crippen LogP contribution in [0.1, 0.15) is 24.5 Å². The normalized spacial score (nSPS) is 25.1. The Morgan fingerprint density at radius 3 is 3.00 bits per heavy atom. The van der Waals surface area contributed by atoms with E-state index in [1.165, 1.54) is 11.1 Å². The van der Waals surface area contributed by atoms with E-state index in [2.05, 4.69) is 16.8 Å². The summed E-state index contributed by atoms with van der Waals surface area (Å²) < 4.78 is 0. The van der Waals surface area contributed by atoms with Crippen molar-refractivity contribution in [1.82, 2.24) is 9.88 Å². The van der Waals surface area contributed by atoms with Crippen molar-refractivity contribution in [3.05, 3.63) is 29.6 Å². The summed E-state index contributed by atoms with van der Waals surface area (Å²) in [6, 6.07) is 1.99. The SMILES string of the molecule is Cc1ccncc1CN1CCC(C)(C(=O)O)C1. The lowest BCUT2D eigenvalue weighted by atomic mass is 9.90. The highest BCUT2D eigenvalue weighted by Crippen LogP contribution is 2.31. The second-order valence-corrected chi connectivity index (χ2v) is 5.13. The molecule has 1 fully saturated rings. The molecular weight excluding hydrogens is 216 g/mol. The van der Waals surface area contributed by atoms with Crippen LogP contribution in [0.5, 0.6) is 0 Å². The fourth-order valence-corrected chi connectivity index (χ4v) is 2.27. The maximum atomic E-state index is 11.1. The molecule has 17 heavy (non-hydrogen) atoms. The van der Waals surface area contributed by atoms with Gasteiger partial charge in [0.1, 0.15) is 0 Å². The van der Waals surface area contributed by atoms with E-state index in [0.29, 0.717) is 6.54 Å². The van der Waals surface area contributed by atoms with Crippen LogP contribution >= 0.6 is 0 Å². The highest BCUT2D eigenvalue weighted by molar-refractivity contribution is 5.74. The Morgan fingerprint density at radius 1 is 1.65 bits per heavy atom. The lowest BCUT2D eigenvalue weighted by molar-refractivity contribution is -0.147. The number of pyridine rings is 1. The van der Waals surface area contributed by atoms with Crippen molar-refractivity contribution in [3.63, 3.8) is 0 Å². The van der Waals surface area contributed by atoms with Crippen molar-refractivity contribution in [3.8, 4) is 0 Å². The van der Waals surface area contributed by atoms with Crippen LogP contribution in [0, 0.1) is 12.3 Å². The number of aromatic nitrogens is 1. The van der Waals surface area contributed by atoms with Crippen LogP contribution in [0.4, 0.5) is 0 Å². The predicted molar refractivity (Wildman–Crippen MR) is 64.6 cm³/mol. The van der Waals surface area contributed by atoms with Gasteiger partial charge in [0.25, 0.3) is 0 Å². The fraction of sp³-hybridized carbons (Fsp3) is 0.538. The van der Waals surface area contributed by atoms with Crippen molar-refractivity contribution >= 4 is 5.97 Å². The van der Waals surface area contributed by atoms with Gasteiger partial charge >= 0.3 is 5.97 Å². The van der Waals surface area contributed by atoms with Crippen molar-refractivity contribution < 1.29 is 9.90 Å². The number of likely N-dealkylation sites (tertiary alicyclic amines) is 1. The van der Waals surface area contributed by atoms with Crippen LogP contribution in [0.25, 0.3) is 0 Å². The predicted octanol–water partition coefficient (Wildman–Crippen LogP) is 1.69. The average molecular weight is 234 g/mol. The van der Waals surface area contributed by atoms with Crippen molar-refractivity contribution in [2.45, 2.75) is 26.8 Å². The second-order valence-electron chi connectivity index (χ2n) is 5.13. The quantitative estimate of drug-likeness (QED) is 0.864. The van der Waals surface area contributed by atoms with Crippen LogP contribution in [0.2, 0.25) is 0 Å². The van der Waals surface area contributed by atoms with Gasteiger partial charge in [0.15, 0.2) is 0 Å². The summed E-state index contributed by atoms with van der Waals surface area (Å²) in [5.74, 6) is -0.692. The zero-order valence-electron chi connectivity index (χ0n) is 10.3. The Hall–Kier alpha value is -1.42. The van der Waals surface area contributed by atoms with Crippen LogP contribution in [0.3, 0.4) is 0 Å². The standard InChI is InChI=1S/C13H18N2O2/c1-10-3-5-14-7-11(10)8-15-6-4-13(2,9-15)12(16)17/h3,5,7H,4,6,8-9H2,1-2H3,(H,16,17). The number of hydrogen-bond acceptors (Lipinski definition) is 3. The summed E-state index contributed by atoms with van der Waals surface area (Å²) in [7, 11) is 0. The number of carboxylic acid groups (broad SMARTS) is 1. The third-order valence-corrected chi connectivity index (χ3v) is 3.61. The minimum Gasteiger partial charge on any atom is -0.481 e. The smallest absolute Gasteiger partial charge is 0.310 e. The topological polar surface area (TPSA) is 53.4 Å². The summed E-state index contributed by atoms with van der Waals surface area (Å²) in [5, 5.41) is 9.17. The van der Waals surface area contributed by atoms with Gasteiger partial charge in [-0.25, -0.2) is 0 Å². The summed E-state index contributed by atoms with van der Waals surface area (Å²) in [5.41, 5.74) is 1.81. The molecule has 0 aliphatic carbocycles. The molecule has 0 radical (unpaired) electrons. The molecule has 1 unspecified atom stereocenters. The van der Waals surface area contributed by atoms with E-state index >= 15 is 0 Å². The monoisotopic (exact) mass is 234 g/mol. The van der Waals surface area contributed by atoms with E-state index in [0.717, 1.165) is 19.5 Å². The molecule has 2 heterocycles. The zero-order chi connectivity index (χ0) is 12.5. The first-order chi connectivity index (χ1) is 8.01. The number of aliphatic carboxylic acids is 1. The van der Waals surface area contributed by atoms with Gasteiger partial charge in [0.2, 0.25) is 0 Å². The van der Waals surface area contributed by atoms with Gasteiger partial charge in [-0.05, 0) is 44.0 Å². The number of carboxylic acids is 1. The molecule has 1 aliphatic heterocycles. The lowest BCUT2D eigenvalue weighted by Crippen LogP contribution is -2.31. The maximum Gasteiger partial charge on any atom is 0.310 e. The molecule has 4 heteroatoms. The molecule has 1 N–H and O–H groups in total. The first-order valence-electron chi connectivity index (χ1n) is 5.86. The summed E-state index contributed by atoms with van der Waals surface area (Å²) in [4.78, 5) is 17.5. The van der Waals surface area contributed by atoms with Crippen LogP contribution in [-0.2, 0) is 11.3 Å². The summed E-state index contributed by atoms with van der Waals surface area (Å²) in [6.07, 6.45) is 4.37. The molecular formula is C13H18N2O2. The Morgan fingerprint density at radius 2 is 2.41 bits per heavy atom. The molecule has 1 aromatic rings. The van der Waals surface area contributed by atoms with Crippen molar-refractivity contribution in [1.29, 1.82) is 0 Å². The van der Waals surface area contributed by atoms with Crippen molar-refractivity contribution in [2.24, 2.45) is 5.41 Å².